The van der Waals surface area contributed by atoms with Gasteiger partial charge >= 0.3 is 0 Å². The maximum absolute atomic E-state index is 12.9. The number of aromatic nitrogens is 3. The SMILES string of the molecule is C[C@H](Sc1ccc(F)cc1)c1nc(N)nc(N(C)C)n1. The van der Waals surface area contributed by atoms with Crippen molar-refractivity contribution in [3.63, 3.8) is 0 Å². The Kier molecular flexibility index (Phi) is 4.39. The molecule has 0 radical (unpaired) electrons. The molecule has 1 heterocycles. The van der Waals surface area contributed by atoms with Crippen LogP contribution in [-0.4, -0.2) is 29.0 Å². The van der Waals surface area contributed by atoms with Crippen molar-refractivity contribution >= 4 is 23.7 Å². The van der Waals surface area contributed by atoms with E-state index in [0.29, 0.717) is 11.8 Å². The van der Waals surface area contributed by atoms with Crippen LogP contribution in [-0.2, 0) is 0 Å². The monoisotopic (exact) mass is 293 g/mol. The van der Waals surface area contributed by atoms with E-state index in [-0.39, 0.29) is 17.0 Å². The average molecular weight is 293 g/mol. The molecular formula is C13H16FN5S. The first-order valence-electron chi connectivity index (χ1n) is 6.06. The average Bonchev–Trinajstić information content (AvgIpc) is 2.40. The Labute approximate surface area is 121 Å². The lowest BCUT2D eigenvalue weighted by atomic mass is 10.3. The normalized spacial score (nSPS) is 12.2. The molecule has 5 nitrogen and oxygen atoms in total. The van der Waals surface area contributed by atoms with Gasteiger partial charge in [0.05, 0.1) is 5.25 Å². The Hall–Kier alpha value is -1.89. The molecule has 0 saturated carbocycles. The second-order valence-corrected chi connectivity index (χ2v) is 5.87. The smallest absolute Gasteiger partial charge is 0.229 e. The zero-order chi connectivity index (χ0) is 14.7. The molecule has 2 N–H and O–H groups in total. The molecule has 7 heteroatoms. The van der Waals surface area contributed by atoms with Crippen molar-refractivity contribution in [3.8, 4) is 0 Å². The molecule has 20 heavy (non-hydrogen) atoms. The van der Waals surface area contributed by atoms with Gasteiger partial charge in [-0.2, -0.15) is 15.0 Å². The summed E-state index contributed by atoms with van der Waals surface area (Å²) in [5.41, 5.74) is 5.70. The highest BCUT2D eigenvalue weighted by Gasteiger charge is 2.14. The molecule has 1 aromatic heterocycles. The van der Waals surface area contributed by atoms with E-state index in [9.17, 15) is 4.39 Å². The van der Waals surface area contributed by atoms with Crippen LogP contribution >= 0.6 is 11.8 Å². The molecule has 2 rings (SSSR count). The van der Waals surface area contributed by atoms with E-state index in [2.05, 4.69) is 15.0 Å². The zero-order valence-corrected chi connectivity index (χ0v) is 12.4. The Morgan fingerprint density at radius 1 is 1.15 bits per heavy atom. The van der Waals surface area contributed by atoms with Crippen molar-refractivity contribution in [1.29, 1.82) is 0 Å². The summed E-state index contributed by atoms with van der Waals surface area (Å²) in [7, 11) is 3.69. The Balaban J connectivity index is 2.20. The van der Waals surface area contributed by atoms with Gasteiger partial charge < -0.3 is 10.6 Å². The standard InChI is InChI=1S/C13H16FN5S/c1-8(20-10-6-4-9(14)5-7-10)11-16-12(15)18-13(17-11)19(2)3/h4-8H,1-3H3,(H2,15,16,17,18)/t8-/m0/s1. The van der Waals surface area contributed by atoms with Crippen LogP contribution in [0.4, 0.5) is 16.3 Å². The van der Waals surface area contributed by atoms with Crippen LogP contribution in [0.5, 0.6) is 0 Å². The summed E-state index contributed by atoms with van der Waals surface area (Å²) in [5.74, 6) is 1.08. The number of hydrogen-bond donors (Lipinski definition) is 1. The predicted molar refractivity (Wildman–Crippen MR) is 79.2 cm³/mol. The van der Waals surface area contributed by atoms with Gasteiger partial charge in [-0.3, -0.25) is 0 Å². The van der Waals surface area contributed by atoms with E-state index in [0.717, 1.165) is 4.90 Å². The van der Waals surface area contributed by atoms with E-state index < -0.39 is 0 Å². The van der Waals surface area contributed by atoms with Crippen molar-refractivity contribution in [1.82, 2.24) is 15.0 Å². The van der Waals surface area contributed by atoms with E-state index in [1.165, 1.54) is 12.1 Å². The quantitative estimate of drug-likeness (QED) is 0.874. The lowest BCUT2D eigenvalue weighted by molar-refractivity contribution is 0.626. The lowest BCUT2D eigenvalue weighted by Crippen LogP contribution is -2.16. The van der Waals surface area contributed by atoms with Gasteiger partial charge in [-0.05, 0) is 31.2 Å². The van der Waals surface area contributed by atoms with Gasteiger partial charge in [0, 0.05) is 19.0 Å². The lowest BCUT2D eigenvalue weighted by Gasteiger charge is -2.14. The number of thioether (sulfide) groups is 1. The first kappa shape index (κ1) is 14.5. The fourth-order valence-electron chi connectivity index (χ4n) is 1.55. The summed E-state index contributed by atoms with van der Waals surface area (Å²) < 4.78 is 12.9. The van der Waals surface area contributed by atoms with Crippen LogP contribution in [0.3, 0.4) is 0 Å². The number of benzene rings is 1. The highest BCUT2D eigenvalue weighted by molar-refractivity contribution is 7.99. The number of nitrogens with zero attached hydrogens (tertiary/aromatic N) is 4. The maximum Gasteiger partial charge on any atom is 0.229 e. The molecule has 0 spiro atoms. The topological polar surface area (TPSA) is 67.9 Å². The van der Waals surface area contributed by atoms with E-state index >= 15 is 0 Å². The number of anilines is 2. The van der Waals surface area contributed by atoms with E-state index in [4.69, 9.17) is 5.73 Å². The third-order valence-electron chi connectivity index (χ3n) is 2.55. The Morgan fingerprint density at radius 2 is 1.80 bits per heavy atom. The molecular weight excluding hydrogens is 277 g/mol. The molecule has 0 bridgehead atoms. The first-order chi connectivity index (χ1) is 9.45. The highest BCUT2D eigenvalue weighted by Crippen LogP contribution is 2.33. The minimum absolute atomic E-state index is 0.00976. The molecule has 0 aliphatic heterocycles. The van der Waals surface area contributed by atoms with Gasteiger partial charge in [0.2, 0.25) is 11.9 Å². The molecule has 1 aromatic carbocycles. The van der Waals surface area contributed by atoms with Gasteiger partial charge in [-0.15, -0.1) is 11.8 Å². The second kappa shape index (κ2) is 6.04. The fourth-order valence-corrected chi connectivity index (χ4v) is 2.46. The van der Waals surface area contributed by atoms with Crippen molar-refractivity contribution < 1.29 is 4.39 Å². The van der Waals surface area contributed by atoms with Gasteiger partial charge in [0.15, 0.2) is 0 Å². The van der Waals surface area contributed by atoms with Crippen molar-refractivity contribution in [2.45, 2.75) is 17.1 Å². The Bertz CT molecular complexity index is 588. The van der Waals surface area contributed by atoms with Gasteiger partial charge in [-0.1, -0.05) is 0 Å². The summed E-state index contributed by atoms with van der Waals surface area (Å²) in [6, 6.07) is 6.33. The predicted octanol–water partition coefficient (Wildman–Crippen LogP) is 2.51. The van der Waals surface area contributed by atoms with E-state index in [1.54, 1.807) is 28.8 Å². The van der Waals surface area contributed by atoms with Gasteiger partial charge in [-0.25, -0.2) is 4.39 Å². The molecule has 0 aliphatic carbocycles. The van der Waals surface area contributed by atoms with Crippen LogP contribution in [0, 0.1) is 5.82 Å². The molecule has 0 amide bonds. The van der Waals surface area contributed by atoms with Crippen LogP contribution in [0.15, 0.2) is 29.2 Å². The molecule has 0 unspecified atom stereocenters. The Morgan fingerprint density at radius 3 is 2.40 bits per heavy atom. The summed E-state index contributed by atoms with van der Waals surface area (Å²) in [6.45, 7) is 1.97. The van der Waals surface area contributed by atoms with Gasteiger partial charge in [0.25, 0.3) is 0 Å². The number of halogens is 1. The number of nitrogens with two attached hydrogens (primary N) is 1. The highest BCUT2D eigenvalue weighted by atomic mass is 32.2. The summed E-state index contributed by atoms with van der Waals surface area (Å²) in [6.07, 6.45) is 0. The van der Waals surface area contributed by atoms with Crippen LogP contribution in [0.25, 0.3) is 0 Å². The van der Waals surface area contributed by atoms with Crippen LogP contribution in [0.1, 0.15) is 18.0 Å². The summed E-state index contributed by atoms with van der Waals surface area (Å²) in [4.78, 5) is 15.3. The second-order valence-electron chi connectivity index (χ2n) is 4.46. The third-order valence-corrected chi connectivity index (χ3v) is 3.66. The fraction of sp³-hybridized carbons (Fsp3) is 0.308. The number of nitrogen functional groups attached to an aromatic ring is 1. The molecule has 0 aliphatic rings. The minimum atomic E-state index is -0.249. The van der Waals surface area contributed by atoms with Crippen molar-refractivity contribution in [3.05, 3.63) is 35.9 Å². The maximum atomic E-state index is 12.9. The molecule has 0 saturated heterocycles. The molecule has 0 fully saturated rings. The van der Waals surface area contributed by atoms with Crippen molar-refractivity contribution in [2.24, 2.45) is 0 Å². The molecule has 1 atom stereocenters. The molecule has 106 valence electrons. The third kappa shape index (κ3) is 3.57. The van der Waals surface area contributed by atoms with Crippen LogP contribution < -0.4 is 10.6 Å². The summed E-state index contributed by atoms with van der Waals surface area (Å²) in [5, 5.41) is -0.00976. The summed E-state index contributed by atoms with van der Waals surface area (Å²) >= 11 is 1.54. The zero-order valence-electron chi connectivity index (χ0n) is 11.5. The number of hydrogen-bond acceptors (Lipinski definition) is 6. The first-order valence-corrected chi connectivity index (χ1v) is 6.94. The van der Waals surface area contributed by atoms with Gasteiger partial charge in [0.1, 0.15) is 11.6 Å². The largest absolute Gasteiger partial charge is 0.368 e. The minimum Gasteiger partial charge on any atom is -0.368 e. The van der Waals surface area contributed by atoms with Crippen molar-refractivity contribution in [2.75, 3.05) is 24.7 Å². The number of rotatable bonds is 4. The van der Waals surface area contributed by atoms with E-state index in [1.807, 2.05) is 21.0 Å². The molecule has 2 aromatic rings. The van der Waals surface area contributed by atoms with Crippen LogP contribution in [0.2, 0.25) is 0 Å².